The number of phenols is 1. The monoisotopic (exact) mass is 387 g/mol. The van der Waals surface area contributed by atoms with Crippen molar-refractivity contribution in [3.63, 3.8) is 0 Å². The molecule has 2 aromatic carbocycles. The first-order chi connectivity index (χ1) is 14.0. The van der Waals surface area contributed by atoms with Gasteiger partial charge in [0.1, 0.15) is 5.75 Å². The Hall–Kier alpha value is -3.14. The van der Waals surface area contributed by atoms with Crippen molar-refractivity contribution in [2.24, 2.45) is 0 Å². The fourth-order valence-corrected chi connectivity index (χ4v) is 4.36. The highest BCUT2D eigenvalue weighted by Crippen LogP contribution is 2.49. The van der Waals surface area contributed by atoms with Gasteiger partial charge in [0.15, 0.2) is 0 Å². The minimum Gasteiger partial charge on any atom is -0.507 e. The van der Waals surface area contributed by atoms with Gasteiger partial charge in [0.05, 0.1) is 12.3 Å². The molecule has 0 bridgehead atoms. The number of rotatable bonds is 4. The Morgan fingerprint density at radius 3 is 2.62 bits per heavy atom. The van der Waals surface area contributed by atoms with Crippen LogP contribution in [0.15, 0.2) is 54.7 Å². The van der Waals surface area contributed by atoms with Crippen LogP contribution in [-0.2, 0) is 16.0 Å². The zero-order valence-corrected chi connectivity index (χ0v) is 17.0. The Labute approximate surface area is 171 Å². The lowest BCUT2D eigenvalue weighted by Crippen LogP contribution is -2.21. The van der Waals surface area contributed by atoms with Gasteiger partial charge in [0, 0.05) is 30.2 Å². The highest BCUT2D eigenvalue weighted by molar-refractivity contribution is 5.85. The number of esters is 1. The first-order valence-corrected chi connectivity index (χ1v) is 10.00. The number of pyridine rings is 1. The summed E-state index contributed by atoms with van der Waals surface area (Å²) in [6, 6.07) is 15.8. The Balaban J connectivity index is 1.96. The molecule has 3 aromatic rings. The number of hydrogen-bond acceptors (Lipinski definition) is 4. The van der Waals surface area contributed by atoms with E-state index >= 15 is 0 Å². The lowest BCUT2D eigenvalue weighted by Gasteiger charge is -2.32. The lowest BCUT2D eigenvalue weighted by molar-refractivity contribution is -0.141. The maximum Gasteiger partial charge on any atom is 0.302 e. The number of aromatic hydroxyl groups is 1. The lowest BCUT2D eigenvalue weighted by atomic mass is 9.73. The van der Waals surface area contributed by atoms with Gasteiger partial charge in [-0.2, -0.15) is 0 Å². The third kappa shape index (κ3) is 3.51. The predicted molar refractivity (Wildman–Crippen MR) is 114 cm³/mol. The first kappa shape index (κ1) is 19.2. The average molecular weight is 387 g/mol. The third-order valence-corrected chi connectivity index (χ3v) is 5.61. The number of carbonyl (C=O) groups excluding carboxylic acids is 1. The van der Waals surface area contributed by atoms with E-state index in [0.29, 0.717) is 12.5 Å². The number of hydrogen-bond donors (Lipinski definition) is 1. The largest absolute Gasteiger partial charge is 0.507 e. The summed E-state index contributed by atoms with van der Waals surface area (Å²) in [6.45, 7) is 6.02. The van der Waals surface area contributed by atoms with Gasteiger partial charge in [0.25, 0.3) is 0 Å². The third-order valence-electron chi connectivity index (χ3n) is 5.61. The van der Waals surface area contributed by atoms with Crippen LogP contribution in [0.5, 0.6) is 5.75 Å². The van der Waals surface area contributed by atoms with Crippen LogP contribution in [-0.4, -0.2) is 22.7 Å². The van der Waals surface area contributed by atoms with Gasteiger partial charge >= 0.3 is 5.97 Å². The summed E-state index contributed by atoms with van der Waals surface area (Å²) in [4.78, 5) is 16.1. The molecule has 148 valence electrons. The summed E-state index contributed by atoms with van der Waals surface area (Å²) in [5.74, 6) is 0.249. The molecule has 1 unspecified atom stereocenters. The van der Waals surface area contributed by atoms with E-state index < -0.39 is 0 Å². The van der Waals surface area contributed by atoms with Gasteiger partial charge < -0.3 is 9.84 Å². The smallest absolute Gasteiger partial charge is 0.302 e. The van der Waals surface area contributed by atoms with Crippen LogP contribution in [0, 0.1) is 0 Å². The molecule has 0 fully saturated rings. The summed E-state index contributed by atoms with van der Waals surface area (Å²) < 4.78 is 5.44. The standard InChI is InChI=1S/C25H25NO3/c1-15(2)18-10-11-23(28)25-20-8-6-7-19(22-9-4-5-12-26-22)21(20)13-17(24(18)25)14-29-16(3)27/h4-12,15,17,28H,13-14H2,1-3H3. The topological polar surface area (TPSA) is 59.4 Å². The van der Waals surface area contributed by atoms with Gasteiger partial charge in [-0.05, 0) is 52.8 Å². The van der Waals surface area contributed by atoms with E-state index in [9.17, 15) is 9.90 Å². The van der Waals surface area contributed by atoms with Crippen LogP contribution in [0.25, 0.3) is 22.4 Å². The number of ether oxygens (including phenoxy) is 1. The number of phenolic OH excluding ortho intramolecular Hbond substituents is 1. The van der Waals surface area contributed by atoms with Crippen LogP contribution in [0.1, 0.15) is 49.3 Å². The maximum atomic E-state index is 11.5. The van der Waals surface area contributed by atoms with E-state index in [0.717, 1.165) is 39.9 Å². The van der Waals surface area contributed by atoms with Crippen molar-refractivity contribution in [3.05, 3.63) is 71.4 Å². The van der Waals surface area contributed by atoms with Crippen molar-refractivity contribution < 1.29 is 14.6 Å². The summed E-state index contributed by atoms with van der Waals surface area (Å²) in [5, 5.41) is 10.8. The van der Waals surface area contributed by atoms with Crippen molar-refractivity contribution in [2.45, 2.75) is 39.0 Å². The molecule has 0 amide bonds. The van der Waals surface area contributed by atoms with Crippen molar-refractivity contribution in [2.75, 3.05) is 6.61 Å². The number of nitrogens with zero attached hydrogens (tertiary/aromatic N) is 1. The van der Waals surface area contributed by atoms with Crippen LogP contribution in [0.3, 0.4) is 0 Å². The van der Waals surface area contributed by atoms with Gasteiger partial charge in [-0.3, -0.25) is 9.78 Å². The van der Waals surface area contributed by atoms with E-state index in [-0.39, 0.29) is 17.6 Å². The summed E-state index contributed by atoms with van der Waals surface area (Å²) >= 11 is 0. The average Bonchev–Trinajstić information content (AvgIpc) is 2.72. The molecule has 0 radical (unpaired) electrons. The van der Waals surface area contributed by atoms with Gasteiger partial charge in [-0.25, -0.2) is 0 Å². The Kier molecular flexibility index (Phi) is 5.10. The fourth-order valence-electron chi connectivity index (χ4n) is 4.36. The minimum absolute atomic E-state index is 0.0178. The van der Waals surface area contributed by atoms with E-state index in [2.05, 4.69) is 31.0 Å². The van der Waals surface area contributed by atoms with Crippen LogP contribution < -0.4 is 0 Å². The Morgan fingerprint density at radius 1 is 1.14 bits per heavy atom. The first-order valence-electron chi connectivity index (χ1n) is 10.00. The Bertz CT molecular complexity index is 1060. The van der Waals surface area contributed by atoms with E-state index in [1.165, 1.54) is 12.5 Å². The molecule has 1 atom stereocenters. The second-order valence-corrected chi connectivity index (χ2v) is 7.87. The van der Waals surface area contributed by atoms with Crippen molar-refractivity contribution in [1.29, 1.82) is 0 Å². The van der Waals surface area contributed by atoms with Crippen LogP contribution >= 0.6 is 0 Å². The van der Waals surface area contributed by atoms with E-state index in [1.807, 2.05) is 30.3 Å². The molecule has 0 aliphatic heterocycles. The summed E-state index contributed by atoms with van der Waals surface area (Å²) in [5.41, 5.74) is 7.24. The molecule has 1 aliphatic rings. The molecule has 4 nitrogen and oxygen atoms in total. The molecule has 0 saturated carbocycles. The van der Waals surface area contributed by atoms with Crippen molar-refractivity contribution in [1.82, 2.24) is 4.98 Å². The van der Waals surface area contributed by atoms with Crippen molar-refractivity contribution in [3.8, 4) is 28.1 Å². The molecule has 1 N–H and O–H groups in total. The van der Waals surface area contributed by atoms with Crippen molar-refractivity contribution >= 4 is 5.97 Å². The minimum atomic E-state index is -0.290. The molecule has 0 spiro atoms. The number of aromatic nitrogens is 1. The zero-order valence-electron chi connectivity index (χ0n) is 17.0. The second kappa shape index (κ2) is 7.70. The van der Waals surface area contributed by atoms with E-state index in [4.69, 9.17) is 4.74 Å². The molecule has 1 heterocycles. The quantitative estimate of drug-likeness (QED) is 0.605. The molecular formula is C25H25NO3. The molecule has 0 saturated heterocycles. The molecule has 1 aromatic heterocycles. The van der Waals surface area contributed by atoms with Gasteiger partial charge in [-0.1, -0.05) is 44.2 Å². The molecule has 1 aliphatic carbocycles. The number of carbonyl (C=O) groups is 1. The van der Waals surface area contributed by atoms with E-state index in [1.54, 1.807) is 12.3 Å². The second-order valence-electron chi connectivity index (χ2n) is 7.87. The number of fused-ring (bicyclic) bond motifs is 3. The normalized spacial score (nSPS) is 15.0. The summed E-state index contributed by atoms with van der Waals surface area (Å²) in [6.07, 6.45) is 2.52. The molecule has 4 rings (SSSR count). The summed E-state index contributed by atoms with van der Waals surface area (Å²) in [7, 11) is 0. The highest BCUT2D eigenvalue weighted by Gasteiger charge is 2.32. The molecular weight excluding hydrogens is 362 g/mol. The fraction of sp³-hybridized carbons (Fsp3) is 0.280. The zero-order chi connectivity index (χ0) is 20.5. The molecule has 4 heteroatoms. The predicted octanol–water partition coefficient (Wildman–Crippen LogP) is 5.45. The Morgan fingerprint density at radius 2 is 1.93 bits per heavy atom. The van der Waals surface area contributed by atoms with Crippen LogP contribution in [0.4, 0.5) is 0 Å². The van der Waals surface area contributed by atoms with Crippen LogP contribution in [0.2, 0.25) is 0 Å². The SMILES string of the molecule is CC(=O)OCC1Cc2c(-c3ccccn3)cccc2-c2c(O)ccc(C(C)C)c21. The van der Waals surface area contributed by atoms with Gasteiger partial charge in [-0.15, -0.1) is 0 Å². The number of benzene rings is 2. The molecule has 29 heavy (non-hydrogen) atoms. The maximum absolute atomic E-state index is 11.5. The van der Waals surface area contributed by atoms with Gasteiger partial charge in [0.2, 0.25) is 0 Å². The highest BCUT2D eigenvalue weighted by atomic mass is 16.5.